The smallest absolute Gasteiger partial charge is 0.429 e. The molecule has 3 fully saturated rings. The largest absolute Gasteiger partial charge is 0.457 e. The number of hydrogen-bond donors (Lipinski definition) is 2. The fourth-order valence-electron chi connectivity index (χ4n) is 8.74. The maximum absolute atomic E-state index is 14.7. The third-order valence-electron chi connectivity index (χ3n) is 11.9. The fourth-order valence-corrected chi connectivity index (χ4v) is 9.70. The molecule has 5 rings (SSSR count). The first-order valence-electron chi connectivity index (χ1n) is 19.1. The van der Waals surface area contributed by atoms with Crippen LogP contribution in [0.1, 0.15) is 84.3 Å². The minimum absolute atomic E-state index is 0.0485. The fraction of sp³-hybridized carbons (Fsp3) is 0.675. The second kappa shape index (κ2) is 16.6. The van der Waals surface area contributed by atoms with Gasteiger partial charge < -0.3 is 33.7 Å². The molecule has 55 heavy (non-hydrogen) atoms. The van der Waals surface area contributed by atoms with Gasteiger partial charge in [0.25, 0.3) is 5.91 Å². The van der Waals surface area contributed by atoms with Gasteiger partial charge in [0.2, 0.25) is 0 Å². The molecule has 2 amide bonds. The maximum Gasteiger partial charge on any atom is 0.429 e. The van der Waals surface area contributed by atoms with Crippen LogP contribution in [-0.2, 0) is 38.1 Å². The zero-order valence-corrected chi connectivity index (χ0v) is 34.5. The molecule has 3 saturated heterocycles. The zero-order valence-electron chi connectivity index (χ0n) is 33.7. The number of carbonyl (C=O) groups excluding carboxylic acids is 5. The van der Waals surface area contributed by atoms with Crippen LogP contribution in [0.4, 0.5) is 4.79 Å². The van der Waals surface area contributed by atoms with Crippen LogP contribution in [0.2, 0.25) is 0 Å². The quantitative estimate of drug-likeness (QED) is 0.292. The van der Waals surface area contributed by atoms with Gasteiger partial charge in [0.1, 0.15) is 30.0 Å². The molecule has 0 bridgehead atoms. The zero-order chi connectivity index (χ0) is 40.7. The number of nitrogens with zero attached hydrogens (tertiary/aromatic N) is 2. The van der Waals surface area contributed by atoms with Crippen LogP contribution in [0.15, 0.2) is 30.3 Å². The van der Waals surface area contributed by atoms with Crippen LogP contribution in [0.5, 0.6) is 0 Å². The Hall–Kier alpha value is -3.47. The van der Waals surface area contributed by atoms with Gasteiger partial charge in [-0.05, 0) is 78.6 Å². The second-order valence-electron chi connectivity index (χ2n) is 16.1. The molecule has 0 radical (unpaired) electrons. The highest BCUT2D eigenvalue weighted by molar-refractivity contribution is 7.20. The number of aliphatic hydroxyl groups is 1. The van der Waals surface area contributed by atoms with E-state index in [-0.39, 0.29) is 30.8 Å². The number of rotatable bonds is 7. The SMILES string of the molecule is CC[C@H]1OC(=O)[C@H](C)C(=O)[C@H](C)[C@@H](O[C@@H]2O[C@H](C)C[C@H](N(C)C)[C@H]2O)[C@](C)(OC)C[C@@H](C)C(=O)[C@H](C)[C@H]2N(NC(=O)c3cc4ccccc4s3)C(=O)O[C@]12C. The first-order valence-corrected chi connectivity index (χ1v) is 19.9. The van der Waals surface area contributed by atoms with Crippen molar-refractivity contribution in [3.63, 3.8) is 0 Å². The Labute approximate surface area is 327 Å². The van der Waals surface area contributed by atoms with E-state index in [0.29, 0.717) is 11.3 Å². The summed E-state index contributed by atoms with van der Waals surface area (Å²) in [7, 11) is 5.16. The topological polar surface area (TPSA) is 170 Å². The number of hydrazine groups is 1. The number of thiophene rings is 1. The summed E-state index contributed by atoms with van der Waals surface area (Å²) in [5.41, 5.74) is -0.246. The Kier molecular flexibility index (Phi) is 12.8. The third-order valence-corrected chi connectivity index (χ3v) is 13.1. The molecule has 0 unspecified atom stereocenters. The van der Waals surface area contributed by atoms with Crippen molar-refractivity contribution in [3.05, 3.63) is 35.2 Å². The van der Waals surface area contributed by atoms with Crippen molar-refractivity contribution in [2.45, 2.75) is 129 Å². The summed E-state index contributed by atoms with van der Waals surface area (Å²) < 4.78 is 31.7. The molecule has 2 aromatic rings. The number of esters is 1. The van der Waals surface area contributed by atoms with Crippen molar-refractivity contribution in [3.8, 4) is 0 Å². The number of nitrogens with one attached hydrogen (secondary N) is 1. The summed E-state index contributed by atoms with van der Waals surface area (Å²) >= 11 is 1.25. The molecule has 2 N–H and O–H groups in total. The predicted molar refractivity (Wildman–Crippen MR) is 204 cm³/mol. The maximum atomic E-state index is 14.7. The summed E-state index contributed by atoms with van der Waals surface area (Å²) in [5, 5.41) is 13.3. The van der Waals surface area contributed by atoms with Gasteiger partial charge in [0.05, 0.1) is 22.7 Å². The minimum atomic E-state index is -1.62. The third kappa shape index (κ3) is 8.19. The Morgan fingerprint density at radius 2 is 1.73 bits per heavy atom. The van der Waals surface area contributed by atoms with E-state index in [1.807, 2.05) is 50.2 Å². The second-order valence-corrected chi connectivity index (χ2v) is 17.2. The van der Waals surface area contributed by atoms with Crippen LogP contribution in [0.3, 0.4) is 0 Å². The molecule has 304 valence electrons. The number of methoxy groups -OCH3 is 1. The first-order chi connectivity index (χ1) is 25.8. The highest BCUT2D eigenvalue weighted by atomic mass is 32.1. The van der Waals surface area contributed by atoms with Crippen LogP contribution in [0, 0.1) is 23.7 Å². The molecule has 1 aromatic carbocycles. The molecule has 15 heteroatoms. The normalized spacial score (nSPS) is 38.1. The van der Waals surface area contributed by atoms with Gasteiger partial charge in [0, 0.05) is 35.6 Å². The van der Waals surface area contributed by atoms with Gasteiger partial charge in [-0.3, -0.25) is 24.6 Å². The number of Topliss-reactive ketones (excluding diaryl/α,β-unsaturated/α-hetero) is 2. The lowest BCUT2D eigenvalue weighted by atomic mass is 9.73. The molecule has 1 aromatic heterocycles. The molecule has 14 nitrogen and oxygen atoms in total. The molecule has 13 atom stereocenters. The summed E-state index contributed by atoms with van der Waals surface area (Å²) in [6, 6.07) is 7.78. The van der Waals surface area contributed by atoms with E-state index in [2.05, 4.69) is 5.43 Å². The molecule has 4 heterocycles. The van der Waals surface area contributed by atoms with Gasteiger partial charge in [0.15, 0.2) is 17.7 Å². The molecule has 0 saturated carbocycles. The summed E-state index contributed by atoms with van der Waals surface area (Å²) in [4.78, 5) is 72.6. The van der Waals surface area contributed by atoms with E-state index in [4.69, 9.17) is 23.7 Å². The van der Waals surface area contributed by atoms with Crippen LogP contribution >= 0.6 is 11.3 Å². The van der Waals surface area contributed by atoms with Crippen molar-refractivity contribution in [1.29, 1.82) is 0 Å². The van der Waals surface area contributed by atoms with Crippen molar-refractivity contribution >= 4 is 51.0 Å². The lowest BCUT2D eigenvalue weighted by Crippen LogP contribution is -2.61. The highest BCUT2D eigenvalue weighted by Crippen LogP contribution is 2.43. The van der Waals surface area contributed by atoms with Crippen LogP contribution < -0.4 is 5.43 Å². The molecule has 0 spiro atoms. The highest BCUT2D eigenvalue weighted by Gasteiger charge is 2.61. The standard InChI is InChI=1S/C40H57N3O11S/c1-12-29-40(8)33(43(38(49)54-40)41-35(47)28-18-25-15-13-14-16-27(25)55-28)22(4)30(44)20(2)19-39(7,50-11)34(23(5)31(45)24(6)36(48)52-29)53-37-32(46)26(42(9)10)17-21(3)51-37/h13-16,18,20-24,26,29,32-34,37,46H,12,17,19H2,1-11H3,(H,41,47)/t20-,21-,22+,23+,24-,26+,29-,32-,33-,34-,37+,39-,40-/m1/s1. The van der Waals surface area contributed by atoms with Gasteiger partial charge in [-0.15, -0.1) is 11.3 Å². The van der Waals surface area contributed by atoms with E-state index in [1.165, 1.54) is 25.4 Å². The predicted octanol–water partition coefficient (Wildman–Crippen LogP) is 4.75. The number of hydrogen-bond acceptors (Lipinski definition) is 13. The monoisotopic (exact) mass is 787 g/mol. The van der Waals surface area contributed by atoms with Gasteiger partial charge in [-0.25, -0.2) is 9.80 Å². The number of ether oxygens (including phenoxy) is 5. The number of aliphatic hydroxyl groups excluding tert-OH is 1. The van der Waals surface area contributed by atoms with Gasteiger partial charge in [-0.1, -0.05) is 45.9 Å². The number of carbonyl (C=O) groups is 5. The average Bonchev–Trinajstić information content (AvgIpc) is 3.69. The van der Waals surface area contributed by atoms with Crippen molar-refractivity contribution in [1.82, 2.24) is 15.3 Å². The Balaban J connectivity index is 1.55. The summed E-state index contributed by atoms with van der Waals surface area (Å²) in [6.45, 7) is 13.4. The molecule has 3 aliphatic heterocycles. The number of likely N-dealkylation sites (N-methyl/N-ethyl adjacent to an activating group) is 1. The van der Waals surface area contributed by atoms with Crippen LogP contribution in [0.25, 0.3) is 10.1 Å². The lowest BCUT2D eigenvalue weighted by molar-refractivity contribution is -0.295. The number of benzene rings is 1. The van der Waals surface area contributed by atoms with Crippen molar-refractivity contribution in [2.75, 3.05) is 21.2 Å². The summed E-state index contributed by atoms with van der Waals surface area (Å²) in [5.74, 6) is -6.23. The number of amides is 2. The van der Waals surface area contributed by atoms with Crippen LogP contribution in [-0.4, -0.2) is 120 Å². The van der Waals surface area contributed by atoms with Gasteiger partial charge >= 0.3 is 12.1 Å². The minimum Gasteiger partial charge on any atom is -0.457 e. The summed E-state index contributed by atoms with van der Waals surface area (Å²) in [6.07, 6.45) is -4.88. The van der Waals surface area contributed by atoms with Crippen molar-refractivity contribution in [2.24, 2.45) is 23.7 Å². The van der Waals surface area contributed by atoms with Gasteiger partial charge in [-0.2, -0.15) is 0 Å². The Bertz CT molecular complexity index is 1730. The van der Waals surface area contributed by atoms with E-state index < -0.39 is 89.3 Å². The van der Waals surface area contributed by atoms with E-state index in [9.17, 15) is 29.1 Å². The first kappa shape index (κ1) is 42.7. The van der Waals surface area contributed by atoms with E-state index in [0.717, 1.165) is 15.1 Å². The van der Waals surface area contributed by atoms with E-state index >= 15 is 0 Å². The van der Waals surface area contributed by atoms with Crippen molar-refractivity contribution < 1.29 is 52.8 Å². The molecular formula is C40H57N3O11S. The number of cyclic esters (lactones) is 1. The Morgan fingerprint density at radius 1 is 1.05 bits per heavy atom. The lowest BCUT2D eigenvalue weighted by Gasteiger charge is -2.47. The molecular weight excluding hydrogens is 731 g/mol. The van der Waals surface area contributed by atoms with E-state index in [1.54, 1.807) is 47.6 Å². The number of fused-ring (bicyclic) bond motifs is 2. The Morgan fingerprint density at radius 3 is 2.35 bits per heavy atom. The molecule has 0 aliphatic carbocycles. The average molecular weight is 788 g/mol. The molecule has 3 aliphatic rings. The number of ketones is 2.